The van der Waals surface area contributed by atoms with E-state index >= 15 is 0 Å². The van der Waals surface area contributed by atoms with Gasteiger partial charge in [-0.15, -0.1) is 0 Å². The van der Waals surface area contributed by atoms with Gasteiger partial charge in [0.2, 0.25) is 0 Å². The Bertz CT molecular complexity index is 1240. The Kier molecular flexibility index (Phi) is 6.64. The Balaban J connectivity index is 1.42. The molecule has 0 aromatic heterocycles. The van der Waals surface area contributed by atoms with Gasteiger partial charge in [0, 0.05) is 6.54 Å². The van der Waals surface area contributed by atoms with E-state index in [0.717, 1.165) is 11.1 Å². The van der Waals surface area contributed by atoms with Crippen molar-refractivity contribution in [3.05, 3.63) is 138 Å². The fourth-order valence-electron chi connectivity index (χ4n) is 4.45. The number of carbonyl (C=O) groups is 1. The molecule has 0 saturated carbocycles. The summed E-state index contributed by atoms with van der Waals surface area (Å²) in [4.78, 5) is 15.2. The Morgan fingerprint density at radius 2 is 1.32 bits per heavy atom. The van der Waals surface area contributed by atoms with E-state index in [4.69, 9.17) is 4.74 Å². The average Bonchev–Trinajstić information content (AvgIpc) is 2.90. The number of esters is 1. The number of nitrogens with zero attached hydrogens (tertiary/aromatic N) is 1. The van der Waals surface area contributed by atoms with E-state index in [1.165, 1.54) is 16.7 Å². The summed E-state index contributed by atoms with van der Waals surface area (Å²) in [5.41, 5.74) is 5.73. The lowest BCUT2D eigenvalue weighted by molar-refractivity contribution is -0.160. The predicted molar refractivity (Wildman–Crippen MR) is 137 cm³/mol. The van der Waals surface area contributed by atoms with E-state index in [1.807, 2.05) is 66.7 Å². The summed E-state index contributed by atoms with van der Waals surface area (Å²) >= 11 is 0. The van der Waals surface area contributed by atoms with Gasteiger partial charge in [-0.3, -0.25) is 4.90 Å². The molecule has 0 radical (unpaired) electrons. The van der Waals surface area contributed by atoms with Crippen LogP contribution in [-0.4, -0.2) is 23.5 Å². The molecule has 0 N–H and O–H groups in total. The van der Waals surface area contributed by atoms with Gasteiger partial charge in [0.25, 0.3) is 0 Å². The molecule has 4 aromatic rings. The molecule has 1 aliphatic heterocycles. The molecule has 1 heterocycles. The largest absolute Gasteiger partial charge is 0.462 e. The zero-order valence-corrected chi connectivity index (χ0v) is 19.0. The van der Waals surface area contributed by atoms with Crippen molar-refractivity contribution in [3.63, 3.8) is 0 Å². The monoisotopic (exact) mass is 445 g/mol. The maximum atomic E-state index is 12.9. The molecule has 1 aliphatic rings. The van der Waals surface area contributed by atoms with Crippen LogP contribution in [0.5, 0.6) is 0 Å². The highest BCUT2D eigenvalue weighted by molar-refractivity contribution is 5.80. The van der Waals surface area contributed by atoms with Gasteiger partial charge in [-0.05, 0) is 27.8 Å². The summed E-state index contributed by atoms with van der Waals surface area (Å²) in [7, 11) is 0. The van der Waals surface area contributed by atoms with Crippen LogP contribution in [0, 0.1) is 0 Å². The van der Waals surface area contributed by atoms with E-state index < -0.39 is 6.04 Å². The molecule has 1 fully saturated rings. The lowest BCUT2D eigenvalue weighted by Gasteiger charge is -2.39. The van der Waals surface area contributed by atoms with Gasteiger partial charge in [0.1, 0.15) is 12.6 Å². The third kappa shape index (κ3) is 5.00. The highest BCUT2D eigenvalue weighted by Crippen LogP contribution is 2.31. The number of morpholine rings is 1. The zero-order chi connectivity index (χ0) is 23.2. The molecule has 168 valence electrons. The van der Waals surface area contributed by atoms with Crippen LogP contribution in [0.1, 0.15) is 22.7 Å². The van der Waals surface area contributed by atoms with E-state index in [2.05, 4.69) is 65.6 Å². The quantitative estimate of drug-likeness (QED) is 0.316. The Labute approximate surface area is 200 Å². The maximum Gasteiger partial charge on any atom is 0.327 e. The van der Waals surface area contributed by atoms with Crippen LogP contribution < -0.4 is 0 Å². The summed E-state index contributed by atoms with van der Waals surface area (Å²) in [5.74, 6) is -0.208. The molecule has 3 nitrogen and oxygen atoms in total. The molecule has 0 amide bonds. The number of hydrogen-bond donors (Lipinski definition) is 0. The van der Waals surface area contributed by atoms with Crippen LogP contribution in [0.15, 0.2) is 121 Å². The molecule has 0 spiro atoms. The second kappa shape index (κ2) is 10.3. The first-order valence-electron chi connectivity index (χ1n) is 11.6. The number of ether oxygens (including phenoxy) is 1. The van der Waals surface area contributed by atoms with Gasteiger partial charge >= 0.3 is 5.97 Å². The van der Waals surface area contributed by atoms with Crippen molar-refractivity contribution in [2.75, 3.05) is 6.61 Å². The molecular weight excluding hydrogens is 418 g/mol. The first-order valence-corrected chi connectivity index (χ1v) is 11.6. The van der Waals surface area contributed by atoms with Crippen LogP contribution in [0.4, 0.5) is 0 Å². The highest BCUT2D eigenvalue weighted by atomic mass is 16.5. The molecule has 3 heteroatoms. The number of rotatable bonds is 6. The topological polar surface area (TPSA) is 29.5 Å². The van der Waals surface area contributed by atoms with Gasteiger partial charge in [0.05, 0.1) is 6.04 Å². The van der Waals surface area contributed by atoms with Crippen LogP contribution in [0.25, 0.3) is 17.2 Å². The summed E-state index contributed by atoms with van der Waals surface area (Å²) in [5, 5.41) is 0. The van der Waals surface area contributed by atoms with E-state index in [-0.39, 0.29) is 12.0 Å². The van der Waals surface area contributed by atoms with Crippen molar-refractivity contribution in [3.8, 4) is 11.1 Å². The van der Waals surface area contributed by atoms with E-state index in [1.54, 1.807) is 0 Å². The second-order valence-electron chi connectivity index (χ2n) is 8.51. The smallest absolute Gasteiger partial charge is 0.327 e. The van der Waals surface area contributed by atoms with Gasteiger partial charge in [-0.1, -0.05) is 127 Å². The Morgan fingerprint density at radius 3 is 2.00 bits per heavy atom. The third-order valence-corrected chi connectivity index (χ3v) is 6.26. The average molecular weight is 446 g/mol. The molecule has 2 atom stereocenters. The molecule has 34 heavy (non-hydrogen) atoms. The van der Waals surface area contributed by atoms with Crippen molar-refractivity contribution in [1.82, 2.24) is 4.90 Å². The molecule has 0 aliphatic carbocycles. The standard InChI is InChI=1S/C31H27NO2/c33-31-29(21-18-24-16-19-27(20-17-24)26-12-6-2-7-13-26)32(22-25-10-4-1-5-11-25)30(23-34-31)28-14-8-3-9-15-28/h1-21,29-30H,22-23H2/b21-18+/t29-,30+/m1/s1. The van der Waals surface area contributed by atoms with Crippen molar-refractivity contribution in [2.45, 2.75) is 18.6 Å². The minimum absolute atomic E-state index is 0.00536. The molecule has 0 bridgehead atoms. The van der Waals surface area contributed by atoms with Crippen molar-refractivity contribution in [1.29, 1.82) is 0 Å². The zero-order valence-electron chi connectivity index (χ0n) is 19.0. The maximum absolute atomic E-state index is 12.9. The van der Waals surface area contributed by atoms with Gasteiger partial charge < -0.3 is 4.74 Å². The number of carbonyl (C=O) groups excluding carboxylic acids is 1. The summed E-state index contributed by atoms with van der Waals surface area (Å²) in [6, 6.07) is 38.8. The predicted octanol–water partition coefficient (Wildman–Crippen LogP) is 6.54. The van der Waals surface area contributed by atoms with E-state index in [0.29, 0.717) is 13.2 Å². The summed E-state index contributed by atoms with van der Waals surface area (Å²) in [6.45, 7) is 1.02. The first-order chi connectivity index (χ1) is 16.8. The highest BCUT2D eigenvalue weighted by Gasteiger charge is 2.37. The fraction of sp³-hybridized carbons (Fsp3) is 0.129. The van der Waals surface area contributed by atoms with Crippen LogP contribution in [0.3, 0.4) is 0 Å². The second-order valence-corrected chi connectivity index (χ2v) is 8.51. The fourth-order valence-corrected chi connectivity index (χ4v) is 4.45. The van der Waals surface area contributed by atoms with Crippen LogP contribution in [0.2, 0.25) is 0 Å². The van der Waals surface area contributed by atoms with Crippen molar-refractivity contribution >= 4 is 12.0 Å². The Morgan fingerprint density at radius 1 is 0.735 bits per heavy atom. The van der Waals surface area contributed by atoms with Crippen LogP contribution >= 0.6 is 0 Å². The van der Waals surface area contributed by atoms with Crippen molar-refractivity contribution in [2.24, 2.45) is 0 Å². The number of cyclic esters (lactones) is 1. The summed E-state index contributed by atoms with van der Waals surface area (Å²) < 4.78 is 5.66. The minimum atomic E-state index is -0.465. The SMILES string of the molecule is O=C1OC[C@@H](c2ccccc2)N(Cc2ccccc2)[C@@H]1/C=C/c1ccc(-c2ccccc2)cc1. The minimum Gasteiger partial charge on any atom is -0.462 e. The Hall–Kier alpha value is -3.95. The molecule has 4 aromatic carbocycles. The number of hydrogen-bond acceptors (Lipinski definition) is 3. The van der Waals surface area contributed by atoms with Gasteiger partial charge in [0.15, 0.2) is 0 Å². The molecule has 5 rings (SSSR count). The normalized spacial score (nSPS) is 18.6. The van der Waals surface area contributed by atoms with E-state index in [9.17, 15) is 4.79 Å². The first kappa shape index (κ1) is 21.9. The molecule has 1 saturated heterocycles. The van der Waals surface area contributed by atoms with Crippen LogP contribution in [-0.2, 0) is 16.1 Å². The number of benzene rings is 4. The third-order valence-electron chi connectivity index (χ3n) is 6.26. The molecule has 0 unspecified atom stereocenters. The lowest BCUT2D eigenvalue weighted by Crippen LogP contribution is -2.49. The lowest BCUT2D eigenvalue weighted by atomic mass is 9.99. The summed E-state index contributed by atoms with van der Waals surface area (Å²) in [6.07, 6.45) is 3.99. The van der Waals surface area contributed by atoms with Gasteiger partial charge in [-0.2, -0.15) is 0 Å². The van der Waals surface area contributed by atoms with Crippen molar-refractivity contribution < 1.29 is 9.53 Å². The van der Waals surface area contributed by atoms with Gasteiger partial charge in [-0.25, -0.2) is 4.79 Å². The molecular formula is C31H27NO2.